The van der Waals surface area contributed by atoms with Gasteiger partial charge in [-0.15, -0.1) is 0 Å². The minimum absolute atomic E-state index is 0.00958. The first-order valence-corrected chi connectivity index (χ1v) is 7.06. The third-order valence-corrected chi connectivity index (χ3v) is 3.34. The van der Waals surface area contributed by atoms with Gasteiger partial charge in [-0.2, -0.15) is 5.10 Å². The van der Waals surface area contributed by atoms with Gasteiger partial charge in [0.15, 0.2) is 6.61 Å². The van der Waals surface area contributed by atoms with Crippen molar-refractivity contribution in [1.29, 1.82) is 0 Å². The number of nitrogens with one attached hydrogen (secondary N) is 1. The lowest BCUT2D eigenvalue weighted by Gasteiger charge is -2.08. The van der Waals surface area contributed by atoms with Gasteiger partial charge in [0.1, 0.15) is 5.75 Å². The highest BCUT2D eigenvalue weighted by molar-refractivity contribution is 9.10. The largest absolute Gasteiger partial charge is 0.483 e. The number of para-hydroxylation sites is 1. The first kappa shape index (κ1) is 14.6. The molecule has 106 valence electrons. The highest BCUT2D eigenvalue weighted by atomic mass is 79.9. The molecule has 0 aliphatic rings. The first-order chi connectivity index (χ1) is 9.65. The number of amides is 1. The minimum Gasteiger partial charge on any atom is -0.483 e. The van der Waals surface area contributed by atoms with Gasteiger partial charge >= 0.3 is 0 Å². The Morgan fingerprint density at radius 2 is 2.25 bits per heavy atom. The normalized spacial score (nSPS) is 10.3. The molecule has 0 unspecified atom stereocenters. The number of carbonyl (C=O) groups is 1. The zero-order valence-electron chi connectivity index (χ0n) is 11.2. The molecule has 1 heterocycles. The molecule has 1 N–H and O–H groups in total. The molecule has 0 radical (unpaired) electrons. The molecule has 0 fully saturated rings. The lowest BCUT2D eigenvalue weighted by Crippen LogP contribution is -2.30. The van der Waals surface area contributed by atoms with Gasteiger partial charge in [-0.05, 0) is 40.0 Å². The maximum absolute atomic E-state index is 11.7. The van der Waals surface area contributed by atoms with Crippen LogP contribution in [0.5, 0.6) is 5.75 Å². The van der Waals surface area contributed by atoms with Gasteiger partial charge in [-0.1, -0.05) is 12.1 Å². The monoisotopic (exact) mass is 337 g/mol. The molecule has 0 aliphatic heterocycles. The van der Waals surface area contributed by atoms with Crippen LogP contribution in [0.15, 0.2) is 41.1 Å². The molecule has 1 amide bonds. The third kappa shape index (κ3) is 4.38. The number of hydrogen-bond donors (Lipinski definition) is 1. The molecule has 2 rings (SSSR count). The van der Waals surface area contributed by atoms with Crippen LogP contribution in [0, 0.1) is 0 Å². The molecule has 6 heteroatoms. The summed E-state index contributed by atoms with van der Waals surface area (Å²) in [5.74, 6) is 0.527. The quantitative estimate of drug-likeness (QED) is 0.876. The maximum atomic E-state index is 11.7. The molecule has 20 heavy (non-hydrogen) atoms. The van der Waals surface area contributed by atoms with Crippen LogP contribution in [0.2, 0.25) is 0 Å². The van der Waals surface area contributed by atoms with E-state index >= 15 is 0 Å². The Balaban J connectivity index is 1.69. The summed E-state index contributed by atoms with van der Waals surface area (Å²) in [5.41, 5.74) is 1.10. The number of benzene rings is 1. The Labute approximate surface area is 126 Å². The molecule has 1 aromatic heterocycles. The molecule has 2 aromatic rings. The van der Waals surface area contributed by atoms with Crippen molar-refractivity contribution in [2.75, 3.05) is 13.2 Å². The molecular weight excluding hydrogens is 322 g/mol. The topological polar surface area (TPSA) is 56.2 Å². The molecule has 0 saturated carbocycles. The van der Waals surface area contributed by atoms with Crippen molar-refractivity contribution >= 4 is 21.8 Å². The van der Waals surface area contributed by atoms with Crippen molar-refractivity contribution in [2.45, 2.75) is 6.42 Å². The molecule has 5 nitrogen and oxygen atoms in total. The van der Waals surface area contributed by atoms with E-state index in [2.05, 4.69) is 26.3 Å². The number of aryl methyl sites for hydroxylation is 1. The van der Waals surface area contributed by atoms with Crippen LogP contribution < -0.4 is 10.1 Å². The van der Waals surface area contributed by atoms with Crippen LogP contribution in [-0.2, 0) is 18.3 Å². The number of rotatable bonds is 6. The summed E-state index contributed by atoms with van der Waals surface area (Å²) in [7, 11) is 1.87. The van der Waals surface area contributed by atoms with E-state index in [9.17, 15) is 4.79 Å². The summed E-state index contributed by atoms with van der Waals surface area (Å²) in [4.78, 5) is 11.7. The summed E-state index contributed by atoms with van der Waals surface area (Å²) < 4.78 is 8.01. The van der Waals surface area contributed by atoms with E-state index < -0.39 is 0 Å². The molecule has 0 spiro atoms. The average molecular weight is 338 g/mol. The van der Waals surface area contributed by atoms with Gasteiger partial charge in [0.05, 0.1) is 10.7 Å². The Bertz CT molecular complexity index is 583. The van der Waals surface area contributed by atoms with Crippen LogP contribution in [0.1, 0.15) is 5.56 Å². The van der Waals surface area contributed by atoms with Gasteiger partial charge in [0.2, 0.25) is 0 Å². The van der Waals surface area contributed by atoms with E-state index in [0.717, 1.165) is 16.5 Å². The van der Waals surface area contributed by atoms with E-state index in [4.69, 9.17) is 4.74 Å². The van der Waals surface area contributed by atoms with E-state index in [-0.39, 0.29) is 12.5 Å². The molecule has 0 atom stereocenters. The fourth-order valence-electron chi connectivity index (χ4n) is 1.70. The van der Waals surface area contributed by atoms with Crippen LogP contribution in [0.25, 0.3) is 0 Å². The van der Waals surface area contributed by atoms with Crippen molar-refractivity contribution in [3.05, 3.63) is 46.7 Å². The average Bonchev–Trinajstić information content (AvgIpc) is 2.83. The van der Waals surface area contributed by atoms with Crippen molar-refractivity contribution < 1.29 is 9.53 Å². The summed E-state index contributed by atoms with van der Waals surface area (Å²) >= 11 is 3.37. The molecular formula is C14H16BrN3O2. The van der Waals surface area contributed by atoms with Gasteiger partial charge in [0, 0.05) is 19.8 Å². The lowest BCUT2D eigenvalue weighted by molar-refractivity contribution is -0.123. The third-order valence-electron chi connectivity index (χ3n) is 2.69. The smallest absolute Gasteiger partial charge is 0.257 e. The van der Waals surface area contributed by atoms with E-state index in [1.165, 1.54) is 0 Å². The minimum atomic E-state index is -0.135. The Kier molecular flexibility index (Phi) is 5.17. The number of ether oxygens (including phenoxy) is 1. The van der Waals surface area contributed by atoms with Gasteiger partial charge < -0.3 is 10.1 Å². The zero-order chi connectivity index (χ0) is 14.4. The van der Waals surface area contributed by atoms with E-state index in [1.54, 1.807) is 10.9 Å². The van der Waals surface area contributed by atoms with E-state index in [0.29, 0.717) is 12.3 Å². The number of nitrogens with zero attached hydrogens (tertiary/aromatic N) is 2. The molecule has 0 aliphatic carbocycles. The Hall–Kier alpha value is -1.82. The first-order valence-electron chi connectivity index (χ1n) is 6.26. The van der Waals surface area contributed by atoms with Crippen molar-refractivity contribution in [1.82, 2.24) is 15.1 Å². The second-order valence-corrected chi connectivity index (χ2v) is 5.20. The maximum Gasteiger partial charge on any atom is 0.257 e. The zero-order valence-corrected chi connectivity index (χ0v) is 12.8. The van der Waals surface area contributed by atoms with Crippen LogP contribution in [-0.4, -0.2) is 28.8 Å². The summed E-state index contributed by atoms with van der Waals surface area (Å²) in [6, 6.07) is 7.44. The highest BCUT2D eigenvalue weighted by Gasteiger charge is 2.05. The second kappa shape index (κ2) is 7.09. The standard InChI is InChI=1S/C14H16BrN3O2/c1-18-9-11(8-17-18)6-7-16-14(19)10-20-13-5-3-2-4-12(13)15/h2-5,8-9H,6-7,10H2,1H3,(H,16,19). The Morgan fingerprint density at radius 3 is 2.95 bits per heavy atom. The van der Waals surface area contributed by atoms with Crippen molar-refractivity contribution in [2.24, 2.45) is 7.05 Å². The predicted molar refractivity (Wildman–Crippen MR) is 79.6 cm³/mol. The fourth-order valence-corrected chi connectivity index (χ4v) is 2.10. The summed E-state index contributed by atoms with van der Waals surface area (Å²) in [6.07, 6.45) is 4.49. The van der Waals surface area contributed by atoms with Gasteiger partial charge in [-0.3, -0.25) is 9.48 Å². The molecule has 0 saturated heterocycles. The number of halogens is 1. The van der Waals surface area contributed by atoms with Crippen LogP contribution in [0.3, 0.4) is 0 Å². The molecule has 0 bridgehead atoms. The number of hydrogen-bond acceptors (Lipinski definition) is 3. The molecule has 1 aromatic carbocycles. The number of aromatic nitrogens is 2. The van der Waals surface area contributed by atoms with Crippen molar-refractivity contribution in [3.63, 3.8) is 0 Å². The summed E-state index contributed by atoms with van der Waals surface area (Å²) in [5, 5.41) is 6.89. The number of carbonyl (C=O) groups excluding carboxylic acids is 1. The van der Waals surface area contributed by atoms with Crippen molar-refractivity contribution in [3.8, 4) is 5.75 Å². The van der Waals surface area contributed by atoms with Crippen LogP contribution in [0.4, 0.5) is 0 Å². The Morgan fingerprint density at radius 1 is 1.45 bits per heavy atom. The fraction of sp³-hybridized carbons (Fsp3) is 0.286. The van der Waals surface area contributed by atoms with Gasteiger partial charge in [-0.25, -0.2) is 0 Å². The SMILES string of the molecule is Cn1cc(CCNC(=O)COc2ccccc2Br)cn1. The highest BCUT2D eigenvalue weighted by Crippen LogP contribution is 2.23. The summed E-state index contributed by atoms with van der Waals surface area (Å²) in [6.45, 7) is 0.583. The predicted octanol–water partition coefficient (Wildman–Crippen LogP) is 1.92. The lowest BCUT2D eigenvalue weighted by atomic mass is 10.2. The van der Waals surface area contributed by atoms with Gasteiger partial charge in [0.25, 0.3) is 5.91 Å². The van der Waals surface area contributed by atoms with Crippen LogP contribution >= 0.6 is 15.9 Å². The second-order valence-electron chi connectivity index (χ2n) is 4.34. The van der Waals surface area contributed by atoms with E-state index in [1.807, 2.05) is 37.5 Å².